The van der Waals surface area contributed by atoms with Gasteiger partial charge in [0.25, 0.3) is 0 Å². The van der Waals surface area contributed by atoms with Crippen LogP contribution in [0.1, 0.15) is 15.9 Å². The van der Waals surface area contributed by atoms with Gasteiger partial charge in [-0.2, -0.15) is 0 Å². The SMILES string of the molecule is COC(=O)/C(Cl)=C1\Oc2cc(C)ccc2C1=O. The van der Waals surface area contributed by atoms with Gasteiger partial charge >= 0.3 is 5.97 Å². The molecule has 1 heterocycles. The first-order valence-electron chi connectivity index (χ1n) is 4.86. The van der Waals surface area contributed by atoms with Crippen LogP contribution in [0, 0.1) is 6.92 Å². The quantitative estimate of drug-likeness (QED) is 0.568. The van der Waals surface area contributed by atoms with E-state index in [1.54, 1.807) is 18.2 Å². The molecule has 2 rings (SSSR count). The smallest absolute Gasteiger partial charge is 0.353 e. The maximum absolute atomic E-state index is 11.9. The third-order valence-electron chi connectivity index (χ3n) is 2.36. The van der Waals surface area contributed by atoms with Crippen LogP contribution in [0.3, 0.4) is 0 Å². The van der Waals surface area contributed by atoms with Crippen LogP contribution in [0.15, 0.2) is 29.0 Å². The summed E-state index contributed by atoms with van der Waals surface area (Å²) in [6.45, 7) is 1.87. The highest BCUT2D eigenvalue weighted by atomic mass is 35.5. The average Bonchev–Trinajstić information content (AvgIpc) is 2.64. The standard InChI is InChI=1S/C12H9ClO4/c1-6-3-4-7-8(5-6)17-11(10(7)14)9(13)12(15)16-2/h3-5H,1-2H3/b11-9+. The molecule has 1 aliphatic rings. The van der Waals surface area contributed by atoms with E-state index < -0.39 is 11.8 Å². The molecule has 0 bridgehead atoms. The van der Waals surface area contributed by atoms with Gasteiger partial charge in [0, 0.05) is 0 Å². The maximum atomic E-state index is 11.9. The predicted molar refractivity (Wildman–Crippen MR) is 61.0 cm³/mol. The number of hydrogen-bond acceptors (Lipinski definition) is 4. The summed E-state index contributed by atoms with van der Waals surface area (Å²) in [6.07, 6.45) is 0. The highest BCUT2D eigenvalue weighted by Gasteiger charge is 2.32. The molecule has 1 aromatic carbocycles. The van der Waals surface area contributed by atoms with Crippen molar-refractivity contribution < 1.29 is 19.1 Å². The van der Waals surface area contributed by atoms with Gasteiger partial charge in [0.1, 0.15) is 5.75 Å². The van der Waals surface area contributed by atoms with Crippen LogP contribution in [-0.2, 0) is 9.53 Å². The molecule has 0 radical (unpaired) electrons. The minimum absolute atomic E-state index is 0.181. The number of carbonyl (C=O) groups excluding carboxylic acids is 2. The Bertz CT molecular complexity index is 545. The Morgan fingerprint density at radius 3 is 2.76 bits per heavy atom. The van der Waals surface area contributed by atoms with E-state index in [4.69, 9.17) is 16.3 Å². The lowest BCUT2D eigenvalue weighted by atomic mass is 10.1. The van der Waals surface area contributed by atoms with Crippen molar-refractivity contribution in [3.8, 4) is 5.75 Å². The molecular formula is C12H9ClO4. The van der Waals surface area contributed by atoms with Crippen molar-refractivity contribution in [3.05, 3.63) is 40.1 Å². The van der Waals surface area contributed by atoms with E-state index in [0.717, 1.165) is 5.56 Å². The highest BCUT2D eigenvalue weighted by Crippen LogP contribution is 2.33. The number of ketones is 1. The van der Waals surface area contributed by atoms with Gasteiger partial charge in [-0.1, -0.05) is 17.7 Å². The molecule has 17 heavy (non-hydrogen) atoms. The van der Waals surface area contributed by atoms with E-state index in [9.17, 15) is 9.59 Å². The molecule has 0 N–H and O–H groups in total. The molecule has 88 valence electrons. The summed E-state index contributed by atoms with van der Waals surface area (Å²) in [5.41, 5.74) is 1.35. The molecule has 0 saturated carbocycles. The number of ether oxygens (including phenoxy) is 2. The molecule has 5 heteroatoms. The van der Waals surface area contributed by atoms with Gasteiger partial charge in [-0.25, -0.2) is 4.79 Å². The zero-order valence-corrected chi connectivity index (χ0v) is 10.00. The summed E-state index contributed by atoms with van der Waals surface area (Å²) in [5.74, 6) is -0.971. The predicted octanol–water partition coefficient (Wildman–Crippen LogP) is 2.19. The lowest BCUT2D eigenvalue weighted by Crippen LogP contribution is -2.09. The third kappa shape index (κ3) is 1.91. The van der Waals surface area contributed by atoms with Gasteiger partial charge in [-0.05, 0) is 24.6 Å². The monoisotopic (exact) mass is 252 g/mol. The summed E-state index contributed by atoms with van der Waals surface area (Å²) < 4.78 is 9.72. The van der Waals surface area contributed by atoms with E-state index in [1.807, 2.05) is 6.92 Å². The number of allylic oxidation sites excluding steroid dienone is 1. The zero-order valence-electron chi connectivity index (χ0n) is 9.24. The largest absolute Gasteiger partial charge is 0.465 e. The number of rotatable bonds is 1. The fraction of sp³-hybridized carbons (Fsp3) is 0.167. The van der Waals surface area contributed by atoms with Crippen LogP contribution in [0.5, 0.6) is 5.75 Å². The van der Waals surface area contributed by atoms with Crippen molar-refractivity contribution in [1.82, 2.24) is 0 Å². The first-order valence-corrected chi connectivity index (χ1v) is 5.23. The van der Waals surface area contributed by atoms with Gasteiger partial charge in [0.05, 0.1) is 12.7 Å². The first-order chi connectivity index (χ1) is 8.04. The van der Waals surface area contributed by atoms with Crippen molar-refractivity contribution in [2.45, 2.75) is 6.92 Å². The van der Waals surface area contributed by atoms with Crippen LogP contribution < -0.4 is 4.74 Å². The number of hydrogen-bond donors (Lipinski definition) is 0. The lowest BCUT2D eigenvalue weighted by molar-refractivity contribution is -0.135. The zero-order chi connectivity index (χ0) is 12.6. The van der Waals surface area contributed by atoms with Gasteiger partial charge in [-0.15, -0.1) is 0 Å². The Labute approximate surface area is 103 Å². The number of fused-ring (bicyclic) bond motifs is 1. The molecule has 1 aliphatic heterocycles. The van der Waals surface area contributed by atoms with Gasteiger partial charge in [0.2, 0.25) is 11.5 Å². The normalized spacial score (nSPS) is 16.3. The molecule has 0 atom stereocenters. The average molecular weight is 253 g/mol. The number of Topliss-reactive ketones (excluding diaryl/α,β-unsaturated/α-hetero) is 1. The van der Waals surface area contributed by atoms with Crippen molar-refractivity contribution >= 4 is 23.4 Å². The van der Waals surface area contributed by atoms with Gasteiger partial charge in [0.15, 0.2) is 5.03 Å². The van der Waals surface area contributed by atoms with Crippen molar-refractivity contribution in [1.29, 1.82) is 0 Å². The molecule has 0 fully saturated rings. The number of esters is 1. The van der Waals surface area contributed by atoms with E-state index in [0.29, 0.717) is 11.3 Å². The Morgan fingerprint density at radius 1 is 1.41 bits per heavy atom. The molecule has 0 amide bonds. The summed E-state index contributed by atoms with van der Waals surface area (Å²) in [5, 5.41) is -0.341. The van der Waals surface area contributed by atoms with Crippen LogP contribution in [0.25, 0.3) is 0 Å². The summed E-state index contributed by atoms with van der Waals surface area (Å²) >= 11 is 5.72. The summed E-state index contributed by atoms with van der Waals surface area (Å²) in [6, 6.07) is 5.14. The molecule has 0 spiro atoms. The maximum Gasteiger partial charge on any atom is 0.353 e. The fourth-order valence-electron chi connectivity index (χ4n) is 1.51. The molecule has 0 saturated heterocycles. The molecule has 4 nitrogen and oxygen atoms in total. The van der Waals surface area contributed by atoms with Crippen molar-refractivity contribution in [3.63, 3.8) is 0 Å². The van der Waals surface area contributed by atoms with E-state index in [1.165, 1.54) is 7.11 Å². The van der Waals surface area contributed by atoms with Crippen LogP contribution >= 0.6 is 11.6 Å². The van der Waals surface area contributed by atoms with E-state index in [2.05, 4.69) is 4.74 Å². The Hall–Kier alpha value is -1.81. The number of aryl methyl sites for hydroxylation is 1. The van der Waals surface area contributed by atoms with Crippen molar-refractivity contribution in [2.75, 3.05) is 7.11 Å². The minimum atomic E-state index is -0.792. The van der Waals surface area contributed by atoms with Crippen LogP contribution in [0.4, 0.5) is 0 Å². The van der Waals surface area contributed by atoms with E-state index in [-0.39, 0.29) is 10.8 Å². The summed E-state index contributed by atoms with van der Waals surface area (Å²) in [4.78, 5) is 23.1. The fourth-order valence-corrected chi connectivity index (χ4v) is 1.71. The number of carbonyl (C=O) groups is 2. The first kappa shape index (κ1) is 11.7. The second-order valence-electron chi connectivity index (χ2n) is 3.57. The van der Waals surface area contributed by atoms with Crippen LogP contribution in [-0.4, -0.2) is 18.9 Å². The number of halogens is 1. The van der Waals surface area contributed by atoms with Crippen LogP contribution in [0.2, 0.25) is 0 Å². The Balaban J connectivity index is 2.47. The second kappa shape index (κ2) is 4.22. The number of methoxy groups -OCH3 is 1. The highest BCUT2D eigenvalue weighted by molar-refractivity contribution is 6.44. The minimum Gasteiger partial charge on any atom is -0.465 e. The van der Waals surface area contributed by atoms with Gasteiger partial charge in [-0.3, -0.25) is 4.79 Å². The molecule has 0 aromatic heterocycles. The lowest BCUT2D eigenvalue weighted by Gasteiger charge is -2.01. The topological polar surface area (TPSA) is 52.6 Å². The molecular weight excluding hydrogens is 244 g/mol. The molecule has 0 aliphatic carbocycles. The van der Waals surface area contributed by atoms with Crippen molar-refractivity contribution in [2.24, 2.45) is 0 Å². The van der Waals surface area contributed by atoms with E-state index >= 15 is 0 Å². The molecule has 1 aromatic rings. The second-order valence-corrected chi connectivity index (χ2v) is 3.94. The summed E-state index contributed by atoms with van der Waals surface area (Å²) in [7, 11) is 1.18. The third-order valence-corrected chi connectivity index (χ3v) is 2.69. The number of benzene rings is 1. The Kier molecular flexibility index (Phi) is 2.90. The van der Waals surface area contributed by atoms with Gasteiger partial charge < -0.3 is 9.47 Å². The molecule has 0 unspecified atom stereocenters. The Morgan fingerprint density at radius 2 is 2.12 bits per heavy atom.